The molecule has 0 amide bonds. The van der Waals surface area contributed by atoms with Crippen molar-refractivity contribution in [3.63, 3.8) is 0 Å². The van der Waals surface area contributed by atoms with Gasteiger partial charge >= 0.3 is 12.1 Å². The Morgan fingerprint density at radius 1 is 1.14 bits per heavy atom. The summed E-state index contributed by atoms with van der Waals surface area (Å²) >= 11 is 5.64. The van der Waals surface area contributed by atoms with Gasteiger partial charge in [0.25, 0.3) is 0 Å². The van der Waals surface area contributed by atoms with E-state index >= 15 is 0 Å². The number of rotatable bonds is 2. The van der Waals surface area contributed by atoms with E-state index in [1.807, 2.05) is 0 Å². The lowest BCUT2D eigenvalue weighted by Gasteiger charge is -2.14. The summed E-state index contributed by atoms with van der Waals surface area (Å²) < 4.78 is 43.8. The maximum atomic E-state index is 13.1. The van der Waals surface area contributed by atoms with Crippen LogP contribution in [0.5, 0.6) is 0 Å². The van der Waals surface area contributed by atoms with Crippen LogP contribution in [0.3, 0.4) is 0 Å². The van der Waals surface area contributed by atoms with E-state index in [0.29, 0.717) is 0 Å². The molecule has 0 aliphatic rings. The highest BCUT2D eigenvalue weighted by atomic mass is 35.5. The Balaban J connectivity index is 2.60. The van der Waals surface area contributed by atoms with Crippen molar-refractivity contribution in [1.82, 2.24) is 0 Å². The Labute approximate surface area is 124 Å². The zero-order valence-electron chi connectivity index (χ0n) is 10.9. The maximum Gasteiger partial charge on any atom is 0.417 e. The van der Waals surface area contributed by atoms with Crippen molar-refractivity contribution in [3.05, 3.63) is 58.6 Å². The molecule has 0 N–H and O–H groups in total. The van der Waals surface area contributed by atoms with E-state index in [1.54, 1.807) is 0 Å². The van der Waals surface area contributed by atoms with Gasteiger partial charge in [0.2, 0.25) is 0 Å². The Morgan fingerprint density at radius 2 is 1.86 bits per heavy atom. The van der Waals surface area contributed by atoms with E-state index < -0.39 is 17.7 Å². The average molecular weight is 315 g/mol. The van der Waals surface area contributed by atoms with E-state index in [-0.39, 0.29) is 21.7 Å². The predicted octanol–water partition coefficient (Wildman–Crippen LogP) is 4.81. The van der Waals surface area contributed by atoms with Crippen molar-refractivity contribution in [2.45, 2.75) is 6.18 Å². The molecule has 0 spiro atoms. The minimum absolute atomic E-state index is 0.00445. The molecule has 0 bridgehead atoms. The van der Waals surface area contributed by atoms with E-state index in [1.165, 1.54) is 43.5 Å². The standard InChI is InChI=1S/C15H10ClF3O2/c1-21-14(20)10-4-2-3-9(7-10)12-6-5-11(16)8-13(12)15(17,18)19/h2-8H,1H3. The van der Waals surface area contributed by atoms with Crippen molar-refractivity contribution in [1.29, 1.82) is 0 Å². The minimum Gasteiger partial charge on any atom is -0.465 e. The number of esters is 1. The summed E-state index contributed by atoms with van der Waals surface area (Å²) in [6.07, 6.45) is -4.54. The van der Waals surface area contributed by atoms with Gasteiger partial charge in [-0.15, -0.1) is 0 Å². The van der Waals surface area contributed by atoms with Crippen LogP contribution in [0, 0.1) is 0 Å². The lowest BCUT2D eigenvalue weighted by molar-refractivity contribution is -0.137. The van der Waals surface area contributed by atoms with Gasteiger partial charge in [-0.25, -0.2) is 4.79 Å². The maximum absolute atomic E-state index is 13.1. The van der Waals surface area contributed by atoms with Gasteiger partial charge in [0, 0.05) is 5.02 Å². The molecule has 0 radical (unpaired) electrons. The number of ether oxygens (including phenoxy) is 1. The first-order valence-electron chi connectivity index (χ1n) is 5.88. The number of alkyl halides is 3. The van der Waals surface area contributed by atoms with Crippen molar-refractivity contribution in [2.75, 3.05) is 7.11 Å². The average Bonchev–Trinajstić information content (AvgIpc) is 2.45. The van der Waals surface area contributed by atoms with Crippen LogP contribution in [0.2, 0.25) is 5.02 Å². The van der Waals surface area contributed by atoms with Gasteiger partial charge in [0.05, 0.1) is 18.2 Å². The molecule has 2 nitrogen and oxygen atoms in total. The van der Waals surface area contributed by atoms with E-state index in [4.69, 9.17) is 11.6 Å². The molecule has 0 atom stereocenters. The summed E-state index contributed by atoms with van der Waals surface area (Å²) in [5, 5.41) is -0.00445. The van der Waals surface area contributed by atoms with E-state index in [0.717, 1.165) is 6.07 Å². The monoisotopic (exact) mass is 314 g/mol. The second-order valence-electron chi connectivity index (χ2n) is 4.26. The third kappa shape index (κ3) is 3.36. The Hall–Kier alpha value is -2.01. The summed E-state index contributed by atoms with van der Waals surface area (Å²) in [5.74, 6) is -0.612. The summed E-state index contributed by atoms with van der Waals surface area (Å²) in [5.41, 5.74) is -0.449. The van der Waals surface area contributed by atoms with E-state index in [9.17, 15) is 18.0 Å². The first-order valence-corrected chi connectivity index (χ1v) is 6.26. The predicted molar refractivity (Wildman–Crippen MR) is 73.2 cm³/mol. The fourth-order valence-corrected chi connectivity index (χ4v) is 2.11. The van der Waals surface area contributed by atoms with Gasteiger partial charge in [-0.05, 0) is 35.4 Å². The molecule has 2 aromatic carbocycles. The largest absolute Gasteiger partial charge is 0.465 e. The molecule has 0 aromatic heterocycles. The highest BCUT2D eigenvalue weighted by Gasteiger charge is 2.34. The first-order chi connectivity index (χ1) is 9.82. The second-order valence-corrected chi connectivity index (χ2v) is 4.70. The Bertz CT molecular complexity index is 681. The summed E-state index contributed by atoms with van der Waals surface area (Å²) in [6.45, 7) is 0. The normalized spacial score (nSPS) is 11.3. The second kappa shape index (κ2) is 5.77. The van der Waals surface area contributed by atoms with Gasteiger partial charge in [-0.2, -0.15) is 13.2 Å². The number of halogens is 4. The molecule has 0 heterocycles. The van der Waals surface area contributed by atoms with Crippen LogP contribution in [0.1, 0.15) is 15.9 Å². The number of benzene rings is 2. The fourth-order valence-electron chi connectivity index (χ4n) is 1.93. The molecule has 110 valence electrons. The van der Waals surface area contributed by atoms with E-state index in [2.05, 4.69) is 4.74 Å². The SMILES string of the molecule is COC(=O)c1cccc(-c2ccc(Cl)cc2C(F)(F)F)c1. The van der Waals surface area contributed by atoms with Crippen molar-refractivity contribution >= 4 is 17.6 Å². The van der Waals surface area contributed by atoms with Gasteiger partial charge < -0.3 is 4.74 Å². The zero-order valence-corrected chi connectivity index (χ0v) is 11.6. The summed E-state index contributed by atoms with van der Waals surface area (Å²) in [7, 11) is 1.21. The van der Waals surface area contributed by atoms with Crippen LogP contribution in [-0.4, -0.2) is 13.1 Å². The molecule has 0 aliphatic carbocycles. The quantitative estimate of drug-likeness (QED) is 0.743. The van der Waals surface area contributed by atoms with Crippen molar-refractivity contribution in [3.8, 4) is 11.1 Å². The smallest absolute Gasteiger partial charge is 0.417 e. The highest BCUT2D eigenvalue weighted by molar-refractivity contribution is 6.30. The number of carbonyl (C=O) groups is 1. The lowest BCUT2D eigenvalue weighted by Crippen LogP contribution is -2.07. The molecule has 2 rings (SSSR count). The van der Waals surface area contributed by atoms with Crippen LogP contribution in [0.15, 0.2) is 42.5 Å². The molecule has 0 saturated carbocycles. The molecule has 6 heteroatoms. The van der Waals surface area contributed by atoms with Crippen LogP contribution < -0.4 is 0 Å². The number of methoxy groups -OCH3 is 1. The zero-order chi connectivity index (χ0) is 15.6. The molecule has 0 saturated heterocycles. The Morgan fingerprint density at radius 3 is 2.48 bits per heavy atom. The first kappa shape index (κ1) is 15.4. The molecule has 21 heavy (non-hydrogen) atoms. The molecule has 0 fully saturated rings. The van der Waals surface area contributed by atoms with Gasteiger partial charge in [-0.1, -0.05) is 29.8 Å². The van der Waals surface area contributed by atoms with Crippen LogP contribution in [0.4, 0.5) is 13.2 Å². The lowest BCUT2D eigenvalue weighted by atomic mass is 9.98. The third-order valence-corrected chi connectivity index (χ3v) is 3.12. The van der Waals surface area contributed by atoms with Crippen LogP contribution in [-0.2, 0) is 10.9 Å². The number of hydrogen-bond donors (Lipinski definition) is 0. The van der Waals surface area contributed by atoms with Crippen LogP contribution in [0.25, 0.3) is 11.1 Å². The van der Waals surface area contributed by atoms with Gasteiger partial charge in [-0.3, -0.25) is 0 Å². The molecule has 0 aliphatic heterocycles. The van der Waals surface area contributed by atoms with Gasteiger partial charge in [0.15, 0.2) is 0 Å². The highest BCUT2D eigenvalue weighted by Crippen LogP contribution is 2.38. The topological polar surface area (TPSA) is 26.3 Å². The number of hydrogen-bond acceptors (Lipinski definition) is 2. The third-order valence-electron chi connectivity index (χ3n) is 2.88. The molecular weight excluding hydrogens is 305 g/mol. The fraction of sp³-hybridized carbons (Fsp3) is 0.133. The Kier molecular flexibility index (Phi) is 4.23. The van der Waals surface area contributed by atoms with Crippen LogP contribution >= 0.6 is 11.6 Å². The summed E-state index contributed by atoms with van der Waals surface area (Å²) in [4.78, 5) is 11.5. The molecular formula is C15H10ClF3O2. The van der Waals surface area contributed by atoms with Gasteiger partial charge in [0.1, 0.15) is 0 Å². The van der Waals surface area contributed by atoms with Crippen molar-refractivity contribution in [2.24, 2.45) is 0 Å². The number of carbonyl (C=O) groups excluding carboxylic acids is 1. The summed E-state index contributed by atoms with van der Waals surface area (Å²) in [6, 6.07) is 9.32. The van der Waals surface area contributed by atoms with Crippen molar-refractivity contribution < 1.29 is 22.7 Å². The molecule has 0 unspecified atom stereocenters. The molecule has 2 aromatic rings. The minimum atomic E-state index is -4.54.